The molecule has 1 aliphatic carbocycles. The molecule has 2 heterocycles. The van der Waals surface area contributed by atoms with Gasteiger partial charge in [-0.2, -0.15) is 0 Å². The van der Waals surface area contributed by atoms with Crippen molar-refractivity contribution in [2.75, 3.05) is 24.5 Å². The Hall–Kier alpha value is -1.16. The van der Waals surface area contributed by atoms with Gasteiger partial charge in [-0.1, -0.05) is 13.8 Å². The van der Waals surface area contributed by atoms with E-state index in [-0.39, 0.29) is 0 Å². The molecule has 0 N–H and O–H groups in total. The van der Waals surface area contributed by atoms with Gasteiger partial charge in [0.15, 0.2) is 0 Å². The average Bonchev–Trinajstić information content (AvgIpc) is 3.26. The highest BCUT2D eigenvalue weighted by molar-refractivity contribution is 5.41. The van der Waals surface area contributed by atoms with Crippen molar-refractivity contribution in [1.82, 2.24) is 14.9 Å². The standard InChI is InChI=1S/C16H26N4/c1-13(2)11-19-9-6-15(7-10-19)20(14-3-4-14)16-5-8-17-12-18-16/h5,8,12-15H,3-4,6-7,9-11H2,1-2H3. The first-order valence-electron chi connectivity index (χ1n) is 8.00. The van der Waals surface area contributed by atoms with Crippen molar-refractivity contribution >= 4 is 5.82 Å². The van der Waals surface area contributed by atoms with Crippen molar-refractivity contribution in [2.45, 2.75) is 51.6 Å². The van der Waals surface area contributed by atoms with E-state index >= 15 is 0 Å². The van der Waals surface area contributed by atoms with Crippen LogP contribution in [0.1, 0.15) is 39.5 Å². The molecule has 2 aliphatic rings. The molecule has 0 amide bonds. The number of rotatable bonds is 5. The van der Waals surface area contributed by atoms with Crippen LogP contribution in [-0.2, 0) is 0 Å². The summed E-state index contributed by atoms with van der Waals surface area (Å²) in [5.41, 5.74) is 0. The molecule has 20 heavy (non-hydrogen) atoms. The van der Waals surface area contributed by atoms with Crippen molar-refractivity contribution in [2.24, 2.45) is 5.92 Å². The van der Waals surface area contributed by atoms with Gasteiger partial charge < -0.3 is 9.80 Å². The van der Waals surface area contributed by atoms with E-state index in [0.717, 1.165) is 17.8 Å². The molecule has 2 fully saturated rings. The minimum atomic E-state index is 0.667. The Balaban J connectivity index is 1.63. The molecule has 3 rings (SSSR count). The molecule has 0 radical (unpaired) electrons. The molecule has 0 atom stereocenters. The van der Waals surface area contributed by atoms with Crippen LogP contribution in [0.2, 0.25) is 0 Å². The normalized spacial score (nSPS) is 21.4. The largest absolute Gasteiger partial charge is 0.350 e. The number of piperidine rings is 1. The molecule has 0 aromatic carbocycles. The summed E-state index contributed by atoms with van der Waals surface area (Å²) in [7, 11) is 0. The third-order valence-corrected chi connectivity index (χ3v) is 4.34. The van der Waals surface area contributed by atoms with Crippen molar-refractivity contribution in [1.29, 1.82) is 0 Å². The van der Waals surface area contributed by atoms with Gasteiger partial charge in [-0.3, -0.25) is 0 Å². The first-order valence-corrected chi connectivity index (χ1v) is 8.00. The summed E-state index contributed by atoms with van der Waals surface area (Å²) in [4.78, 5) is 13.7. The van der Waals surface area contributed by atoms with E-state index in [1.54, 1.807) is 6.33 Å². The van der Waals surface area contributed by atoms with E-state index in [1.165, 1.54) is 45.3 Å². The first kappa shape index (κ1) is 13.8. The third-order valence-electron chi connectivity index (χ3n) is 4.34. The predicted molar refractivity (Wildman–Crippen MR) is 81.8 cm³/mol. The summed E-state index contributed by atoms with van der Waals surface area (Å²) in [6.45, 7) is 8.32. The van der Waals surface area contributed by atoms with Gasteiger partial charge in [-0.25, -0.2) is 9.97 Å². The molecule has 1 aromatic heterocycles. The molecule has 0 unspecified atom stereocenters. The number of hydrogen-bond donors (Lipinski definition) is 0. The second-order valence-corrected chi connectivity index (χ2v) is 6.63. The highest BCUT2D eigenvalue weighted by Gasteiger charge is 2.36. The lowest BCUT2D eigenvalue weighted by molar-refractivity contribution is 0.188. The van der Waals surface area contributed by atoms with Gasteiger partial charge in [0.05, 0.1) is 0 Å². The quantitative estimate of drug-likeness (QED) is 0.826. The van der Waals surface area contributed by atoms with Crippen LogP contribution in [0.15, 0.2) is 18.6 Å². The summed E-state index contributed by atoms with van der Waals surface area (Å²) in [5.74, 6) is 1.90. The van der Waals surface area contributed by atoms with Gasteiger partial charge in [0.2, 0.25) is 0 Å². The number of likely N-dealkylation sites (tertiary alicyclic amines) is 1. The van der Waals surface area contributed by atoms with E-state index in [2.05, 4.69) is 39.7 Å². The third kappa shape index (κ3) is 3.29. The SMILES string of the molecule is CC(C)CN1CCC(N(c2ccncn2)C2CC2)CC1. The smallest absolute Gasteiger partial charge is 0.132 e. The fourth-order valence-corrected chi connectivity index (χ4v) is 3.36. The molecular formula is C16H26N4. The monoisotopic (exact) mass is 274 g/mol. The highest BCUT2D eigenvalue weighted by Crippen LogP contribution is 2.35. The maximum atomic E-state index is 4.48. The van der Waals surface area contributed by atoms with Crippen LogP contribution in [0.4, 0.5) is 5.82 Å². The number of aromatic nitrogens is 2. The van der Waals surface area contributed by atoms with Gasteiger partial charge in [0.25, 0.3) is 0 Å². The van der Waals surface area contributed by atoms with E-state index in [0.29, 0.717) is 6.04 Å². The van der Waals surface area contributed by atoms with Gasteiger partial charge in [0, 0.05) is 37.9 Å². The van der Waals surface area contributed by atoms with Crippen LogP contribution in [0.5, 0.6) is 0 Å². The Bertz CT molecular complexity index is 408. The molecule has 1 aliphatic heterocycles. The molecule has 1 saturated carbocycles. The maximum Gasteiger partial charge on any atom is 0.132 e. The van der Waals surface area contributed by atoms with Crippen LogP contribution in [-0.4, -0.2) is 46.6 Å². The average molecular weight is 274 g/mol. The molecule has 0 bridgehead atoms. The zero-order valence-corrected chi connectivity index (χ0v) is 12.7. The van der Waals surface area contributed by atoms with Crippen LogP contribution >= 0.6 is 0 Å². The van der Waals surface area contributed by atoms with Crippen molar-refractivity contribution in [3.8, 4) is 0 Å². The predicted octanol–water partition coefficient (Wildman–Crippen LogP) is 2.57. The van der Waals surface area contributed by atoms with Crippen molar-refractivity contribution < 1.29 is 0 Å². The molecule has 1 aromatic rings. The van der Waals surface area contributed by atoms with Crippen LogP contribution < -0.4 is 4.90 Å². The lowest BCUT2D eigenvalue weighted by atomic mass is 10.0. The molecule has 4 heteroatoms. The lowest BCUT2D eigenvalue weighted by Gasteiger charge is -2.39. The first-order chi connectivity index (χ1) is 9.74. The second kappa shape index (κ2) is 6.08. The summed E-state index contributed by atoms with van der Waals surface area (Å²) >= 11 is 0. The van der Waals surface area contributed by atoms with Gasteiger partial charge in [-0.15, -0.1) is 0 Å². The van der Waals surface area contributed by atoms with E-state index in [4.69, 9.17) is 0 Å². The van der Waals surface area contributed by atoms with Crippen molar-refractivity contribution in [3.63, 3.8) is 0 Å². The highest BCUT2D eigenvalue weighted by atomic mass is 15.3. The summed E-state index contributed by atoms with van der Waals surface area (Å²) in [5, 5.41) is 0. The van der Waals surface area contributed by atoms with Gasteiger partial charge in [0.1, 0.15) is 12.1 Å². The maximum absolute atomic E-state index is 4.48. The lowest BCUT2D eigenvalue weighted by Crippen LogP contribution is -2.47. The van der Waals surface area contributed by atoms with E-state index < -0.39 is 0 Å². The minimum absolute atomic E-state index is 0.667. The Morgan fingerprint density at radius 1 is 1.20 bits per heavy atom. The number of anilines is 1. The summed E-state index contributed by atoms with van der Waals surface area (Å²) in [6, 6.07) is 3.46. The molecular weight excluding hydrogens is 248 g/mol. The second-order valence-electron chi connectivity index (χ2n) is 6.63. The topological polar surface area (TPSA) is 32.3 Å². The molecule has 110 valence electrons. The van der Waals surface area contributed by atoms with Gasteiger partial charge >= 0.3 is 0 Å². The fraction of sp³-hybridized carbons (Fsp3) is 0.750. The number of nitrogens with zero attached hydrogens (tertiary/aromatic N) is 4. The van der Waals surface area contributed by atoms with E-state index in [9.17, 15) is 0 Å². The Kier molecular flexibility index (Phi) is 4.20. The molecule has 1 saturated heterocycles. The van der Waals surface area contributed by atoms with Crippen LogP contribution in [0.3, 0.4) is 0 Å². The summed E-state index contributed by atoms with van der Waals surface area (Å²) in [6.07, 6.45) is 8.75. The summed E-state index contributed by atoms with van der Waals surface area (Å²) < 4.78 is 0. The zero-order valence-electron chi connectivity index (χ0n) is 12.7. The molecule has 4 nitrogen and oxygen atoms in total. The Morgan fingerprint density at radius 2 is 1.90 bits per heavy atom. The van der Waals surface area contributed by atoms with E-state index in [1.807, 2.05) is 6.20 Å². The van der Waals surface area contributed by atoms with Crippen LogP contribution in [0, 0.1) is 5.92 Å². The Morgan fingerprint density at radius 3 is 2.45 bits per heavy atom. The van der Waals surface area contributed by atoms with Crippen molar-refractivity contribution in [3.05, 3.63) is 18.6 Å². The Labute approximate surface area is 122 Å². The minimum Gasteiger partial charge on any atom is -0.350 e. The zero-order chi connectivity index (χ0) is 13.9. The van der Waals surface area contributed by atoms with Gasteiger partial charge in [-0.05, 0) is 37.7 Å². The van der Waals surface area contributed by atoms with Crippen LogP contribution in [0.25, 0.3) is 0 Å². The molecule has 0 spiro atoms. The number of hydrogen-bond acceptors (Lipinski definition) is 4. The fourth-order valence-electron chi connectivity index (χ4n) is 3.36.